The van der Waals surface area contributed by atoms with Crippen LogP contribution in [0.25, 0.3) is 0 Å². The molecule has 1 N–H and O–H groups in total. The molecule has 0 radical (unpaired) electrons. The SMILES string of the molecule is CCn1cncc1S(=O)(=O)N1CCC(C(=O)O)CC1. The Hall–Kier alpha value is -1.41. The molecular formula is C11H17N3O4S. The van der Waals surface area contributed by atoms with Gasteiger partial charge in [-0.1, -0.05) is 0 Å². The smallest absolute Gasteiger partial charge is 0.306 e. The predicted molar refractivity (Wildman–Crippen MR) is 67.0 cm³/mol. The van der Waals surface area contributed by atoms with Crippen LogP contribution in [0.5, 0.6) is 0 Å². The second kappa shape index (κ2) is 5.30. The van der Waals surface area contributed by atoms with E-state index in [9.17, 15) is 13.2 Å². The molecule has 1 saturated heterocycles. The Kier molecular flexibility index (Phi) is 3.91. The molecule has 0 atom stereocenters. The van der Waals surface area contributed by atoms with Crippen LogP contribution in [0.3, 0.4) is 0 Å². The van der Waals surface area contributed by atoms with Gasteiger partial charge in [-0.05, 0) is 19.8 Å². The molecule has 0 bridgehead atoms. The van der Waals surface area contributed by atoms with Crippen LogP contribution in [-0.4, -0.2) is 46.4 Å². The number of piperidine rings is 1. The molecule has 0 amide bonds. The minimum absolute atomic E-state index is 0.170. The fourth-order valence-electron chi connectivity index (χ4n) is 2.24. The van der Waals surface area contributed by atoms with E-state index in [1.165, 1.54) is 16.8 Å². The Morgan fingerprint density at radius 3 is 2.63 bits per heavy atom. The lowest BCUT2D eigenvalue weighted by molar-refractivity contribution is -0.142. The quantitative estimate of drug-likeness (QED) is 0.864. The first-order valence-corrected chi connectivity index (χ1v) is 7.64. The third-order valence-corrected chi connectivity index (χ3v) is 5.34. The van der Waals surface area contributed by atoms with Crippen molar-refractivity contribution >= 4 is 16.0 Å². The summed E-state index contributed by atoms with van der Waals surface area (Å²) in [6, 6.07) is 0. The number of carboxylic acids is 1. The number of hydrogen-bond donors (Lipinski definition) is 1. The first kappa shape index (κ1) is 14.0. The lowest BCUT2D eigenvalue weighted by Gasteiger charge is -2.29. The van der Waals surface area contributed by atoms with Crippen molar-refractivity contribution in [2.45, 2.75) is 31.3 Å². The van der Waals surface area contributed by atoms with Gasteiger partial charge in [0.05, 0.1) is 18.4 Å². The second-order valence-electron chi connectivity index (χ2n) is 4.53. The highest BCUT2D eigenvalue weighted by Gasteiger charge is 2.33. The van der Waals surface area contributed by atoms with Crippen LogP contribution < -0.4 is 0 Å². The number of sulfonamides is 1. The van der Waals surface area contributed by atoms with Gasteiger partial charge in [-0.3, -0.25) is 4.79 Å². The maximum Gasteiger partial charge on any atom is 0.306 e. The first-order valence-electron chi connectivity index (χ1n) is 6.20. The molecule has 2 heterocycles. The molecule has 1 aromatic rings. The minimum Gasteiger partial charge on any atom is -0.481 e. The highest BCUT2D eigenvalue weighted by Crippen LogP contribution is 2.23. The summed E-state index contributed by atoms with van der Waals surface area (Å²) in [4.78, 5) is 14.7. The Morgan fingerprint density at radius 2 is 2.11 bits per heavy atom. The summed E-state index contributed by atoms with van der Waals surface area (Å²) in [5, 5.41) is 9.08. The fraction of sp³-hybridized carbons (Fsp3) is 0.636. The number of aryl methyl sites for hydroxylation is 1. The van der Waals surface area contributed by atoms with Crippen LogP contribution in [0.15, 0.2) is 17.6 Å². The zero-order valence-corrected chi connectivity index (χ0v) is 11.5. The molecule has 2 rings (SSSR count). The zero-order chi connectivity index (χ0) is 14.0. The normalized spacial score (nSPS) is 18.6. The summed E-state index contributed by atoms with van der Waals surface area (Å²) in [6.07, 6.45) is 3.53. The van der Waals surface area contributed by atoms with Gasteiger partial charge < -0.3 is 9.67 Å². The molecule has 0 aliphatic carbocycles. The van der Waals surface area contributed by atoms with Crippen molar-refractivity contribution in [2.24, 2.45) is 5.92 Å². The van der Waals surface area contributed by atoms with Crippen LogP contribution in [-0.2, 0) is 21.4 Å². The van der Waals surface area contributed by atoms with Crippen LogP contribution in [0.1, 0.15) is 19.8 Å². The number of carbonyl (C=O) groups is 1. The Balaban J connectivity index is 2.16. The molecule has 1 aliphatic rings. The molecule has 0 saturated carbocycles. The van der Waals surface area contributed by atoms with Crippen molar-refractivity contribution in [3.05, 3.63) is 12.5 Å². The molecule has 106 valence electrons. The first-order chi connectivity index (χ1) is 8.96. The number of rotatable bonds is 4. The number of aliphatic carboxylic acids is 1. The third-order valence-electron chi connectivity index (χ3n) is 3.42. The lowest BCUT2D eigenvalue weighted by Crippen LogP contribution is -2.40. The standard InChI is InChI=1S/C11H17N3O4S/c1-2-13-8-12-7-10(13)19(17,18)14-5-3-9(4-6-14)11(15)16/h7-9H,2-6H2,1H3,(H,15,16). The number of carboxylic acid groups (broad SMARTS) is 1. The summed E-state index contributed by atoms with van der Waals surface area (Å²) in [5.41, 5.74) is 0. The minimum atomic E-state index is -3.57. The molecular weight excluding hydrogens is 270 g/mol. The van der Waals surface area contributed by atoms with E-state index in [-0.39, 0.29) is 18.1 Å². The number of nitrogens with zero attached hydrogens (tertiary/aromatic N) is 3. The molecule has 1 fully saturated rings. The van der Waals surface area contributed by atoms with Gasteiger partial charge in [0.15, 0.2) is 5.03 Å². The van der Waals surface area contributed by atoms with Crippen LogP contribution in [0, 0.1) is 5.92 Å². The average molecular weight is 287 g/mol. The number of imidazole rings is 1. The van der Waals surface area contributed by atoms with Gasteiger partial charge in [0.25, 0.3) is 10.0 Å². The topological polar surface area (TPSA) is 92.5 Å². The van der Waals surface area contributed by atoms with E-state index in [0.29, 0.717) is 19.4 Å². The number of hydrogen-bond acceptors (Lipinski definition) is 4. The van der Waals surface area contributed by atoms with Gasteiger partial charge in [0.2, 0.25) is 0 Å². The Bertz CT molecular complexity index is 558. The molecule has 8 heteroatoms. The van der Waals surface area contributed by atoms with Crippen molar-refractivity contribution in [3.63, 3.8) is 0 Å². The summed E-state index contributed by atoms with van der Waals surface area (Å²) in [7, 11) is -3.57. The van der Waals surface area contributed by atoms with Gasteiger partial charge in [-0.15, -0.1) is 0 Å². The van der Waals surface area contributed by atoms with E-state index in [1.54, 1.807) is 4.57 Å². The van der Waals surface area contributed by atoms with E-state index in [4.69, 9.17) is 5.11 Å². The van der Waals surface area contributed by atoms with E-state index < -0.39 is 21.9 Å². The van der Waals surface area contributed by atoms with Crippen LogP contribution in [0.4, 0.5) is 0 Å². The van der Waals surface area contributed by atoms with Crippen molar-refractivity contribution < 1.29 is 18.3 Å². The van der Waals surface area contributed by atoms with Gasteiger partial charge in [-0.25, -0.2) is 13.4 Å². The highest BCUT2D eigenvalue weighted by molar-refractivity contribution is 7.89. The molecule has 0 spiro atoms. The molecule has 0 unspecified atom stereocenters. The van der Waals surface area contributed by atoms with Gasteiger partial charge in [0.1, 0.15) is 0 Å². The summed E-state index contributed by atoms with van der Waals surface area (Å²) in [5.74, 6) is -1.29. The summed E-state index contributed by atoms with van der Waals surface area (Å²) < 4.78 is 27.8. The summed E-state index contributed by atoms with van der Waals surface area (Å²) >= 11 is 0. The van der Waals surface area contributed by atoms with Crippen molar-refractivity contribution in [2.75, 3.05) is 13.1 Å². The third kappa shape index (κ3) is 2.64. The molecule has 0 aromatic carbocycles. The van der Waals surface area contributed by atoms with E-state index >= 15 is 0 Å². The Labute approximate surface area is 111 Å². The van der Waals surface area contributed by atoms with Crippen LogP contribution in [0.2, 0.25) is 0 Å². The van der Waals surface area contributed by atoms with Gasteiger partial charge in [0, 0.05) is 19.6 Å². The fourth-order valence-corrected chi connectivity index (χ4v) is 3.86. The molecule has 7 nitrogen and oxygen atoms in total. The van der Waals surface area contributed by atoms with Crippen molar-refractivity contribution in [1.29, 1.82) is 0 Å². The van der Waals surface area contributed by atoms with E-state index in [1.807, 2.05) is 6.92 Å². The highest BCUT2D eigenvalue weighted by atomic mass is 32.2. The van der Waals surface area contributed by atoms with E-state index in [2.05, 4.69) is 4.98 Å². The van der Waals surface area contributed by atoms with Gasteiger partial charge >= 0.3 is 5.97 Å². The van der Waals surface area contributed by atoms with Crippen LogP contribution >= 0.6 is 0 Å². The zero-order valence-electron chi connectivity index (χ0n) is 10.7. The molecule has 19 heavy (non-hydrogen) atoms. The summed E-state index contributed by atoms with van der Waals surface area (Å²) in [6.45, 7) is 2.86. The lowest BCUT2D eigenvalue weighted by atomic mass is 9.99. The largest absolute Gasteiger partial charge is 0.481 e. The maximum atomic E-state index is 12.4. The van der Waals surface area contributed by atoms with E-state index in [0.717, 1.165) is 0 Å². The molecule has 1 aliphatic heterocycles. The average Bonchev–Trinajstić information content (AvgIpc) is 2.87. The van der Waals surface area contributed by atoms with Crippen molar-refractivity contribution in [1.82, 2.24) is 13.9 Å². The molecule has 1 aromatic heterocycles. The maximum absolute atomic E-state index is 12.4. The van der Waals surface area contributed by atoms with Gasteiger partial charge in [-0.2, -0.15) is 4.31 Å². The monoisotopic (exact) mass is 287 g/mol. The number of aromatic nitrogens is 2. The van der Waals surface area contributed by atoms with Crippen molar-refractivity contribution in [3.8, 4) is 0 Å². The predicted octanol–water partition coefficient (Wildman–Crippen LogP) is 0.388. The Morgan fingerprint density at radius 1 is 1.47 bits per heavy atom. The second-order valence-corrected chi connectivity index (χ2v) is 6.42.